The summed E-state index contributed by atoms with van der Waals surface area (Å²) in [4.78, 5) is 29.2. The van der Waals surface area contributed by atoms with Gasteiger partial charge in [-0.15, -0.1) is 0 Å². The van der Waals surface area contributed by atoms with Crippen LogP contribution in [0.15, 0.2) is 30.6 Å². The first kappa shape index (κ1) is 17.7. The highest BCUT2D eigenvalue weighted by Crippen LogP contribution is 2.17. The van der Waals surface area contributed by atoms with Crippen molar-refractivity contribution in [3.05, 3.63) is 42.0 Å². The fourth-order valence-electron chi connectivity index (χ4n) is 2.31. The summed E-state index contributed by atoms with van der Waals surface area (Å²) < 4.78 is 2.01. The van der Waals surface area contributed by atoms with Crippen molar-refractivity contribution < 1.29 is 9.59 Å². The second-order valence-electron chi connectivity index (χ2n) is 6.02. The van der Waals surface area contributed by atoms with E-state index in [1.807, 2.05) is 42.7 Å². The summed E-state index contributed by atoms with van der Waals surface area (Å²) in [5.41, 5.74) is 3.84. The van der Waals surface area contributed by atoms with Gasteiger partial charge in [0.25, 0.3) is 0 Å². The van der Waals surface area contributed by atoms with Crippen LogP contribution in [0.25, 0.3) is 5.69 Å². The summed E-state index contributed by atoms with van der Waals surface area (Å²) in [5.74, 6) is -0.0397. The molecule has 0 atom stereocenters. The molecule has 0 saturated heterocycles. The summed E-state index contributed by atoms with van der Waals surface area (Å²) in [7, 11) is 3.43. The molecule has 1 aromatic carbocycles. The minimum Gasteiger partial charge on any atom is -0.349 e. The fourth-order valence-corrected chi connectivity index (χ4v) is 2.31. The number of nitrogens with one attached hydrogen (secondary N) is 1. The van der Waals surface area contributed by atoms with E-state index in [1.165, 1.54) is 4.90 Å². The highest BCUT2D eigenvalue weighted by atomic mass is 16.2. The van der Waals surface area contributed by atoms with Gasteiger partial charge in [-0.05, 0) is 44.5 Å². The van der Waals surface area contributed by atoms with E-state index >= 15 is 0 Å². The Morgan fingerprint density at radius 1 is 1.12 bits per heavy atom. The first-order valence-electron chi connectivity index (χ1n) is 7.99. The van der Waals surface area contributed by atoms with Crippen LogP contribution in [-0.4, -0.2) is 40.4 Å². The maximum absolute atomic E-state index is 11.9. The Kier molecular flexibility index (Phi) is 5.73. The molecule has 0 radical (unpaired) electrons. The summed E-state index contributed by atoms with van der Waals surface area (Å²) in [6.07, 6.45) is 3.06. The lowest BCUT2D eigenvalue weighted by Crippen LogP contribution is -2.21. The van der Waals surface area contributed by atoms with Gasteiger partial charge in [0.1, 0.15) is 0 Å². The highest BCUT2D eigenvalue weighted by molar-refractivity contribution is 5.91. The van der Waals surface area contributed by atoms with Crippen molar-refractivity contribution in [2.45, 2.75) is 33.1 Å². The number of carbonyl (C=O) groups is 2. The van der Waals surface area contributed by atoms with E-state index in [1.54, 1.807) is 20.4 Å². The Labute approximate surface area is 142 Å². The number of hydrogen-bond donors (Lipinski definition) is 1. The van der Waals surface area contributed by atoms with E-state index in [0.29, 0.717) is 19.3 Å². The van der Waals surface area contributed by atoms with Gasteiger partial charge >= 0.3 is 0 Å². The minimum atomic E-state index is -0.0797. The third-order valence-corrected chi connectivity index (χ3v) is 3.97. The number of anilines is 1. The van der Waals surface area contributed by atoms with E-state index < -0.39 is 0 Å². The van der Waals surface area contributed by atoms with Gasteiger partial charge in [-0.25, -0.2) is 4.98 Å². The summed E-state index contributed by atoms with van der Waals surface area (Å²) in [6, 6.07) is 7.62. The minimum absolute atomic E-state index is 0.0400. The van der Waals surface area contributed by atoms with Crippen LogP contribution in [0.3, 0.4) is 0 Å². The standard InChI is InChI=1S/C18H24N4O2/c1-13-14(2)22(12-19-13)16-10-8-15(9-11-16)20-17(23)6-5-7-18(24)21(3)4/h8-12H,5-7H2,1-4H3,(H,20,23). The number of amides is 2. The SMILES string of the molecule is Cc1ncn(-c2ccc(NC(=O)CCCC(=O)N(C)C)cc2)c1C. The fraction of sp³-hybridized carbons (Fsp3) is 0.389. The van der Waals surface area contributed by atoms with Gasteiger partial charge < -0.3 is 14.8 Å². The van der Waals surface area contributed by atoms with Crippen LogP contribution in [0.5, 0.6) is 0 Å². The largest absolute Gasteiger partial charge is 0.349 e. The first-order chi connectivity index (χ1) is 11.4. The number of aromatic nitrogens is 2. The zero-order valence-electron chi connectivity index (χ0n) is 14.7. The molecule has 0 aliphatic carbocycles. The molecule has 24 heavy (non-hydrogen) atoms. The van der Waals surface area contributed by atoms with Gasteiger partial charge in [-0.1, -0.05) is 0 Å². The lowest BCUT2D eigenvalue weighted by atomic mass is 10.2. The van der Waals surface area contributed by atoms with E-state index in [-0.39, 0.29) is 11.8 Å². The first-order valence-corrected chi connectivity index (χ1v) is 7.99. The van der Waals surface area contributed by atoms with E-state index in [4.69, 9.17) is 0 Å². The van der Waals surface area contributed by atoms with Crippen LogP contribution in [0.4, 0.5) is 5.69 Å². The van der Waals surface area contributed by atoms with E-state index in [0.717, 1.165) is 22.8 Å². The third-order valence-electron chi connectivity index (χ3n) is 3.97. The molecule has 0 bridgehead atoms. The molecular formula is C18H24N4O2. The van der Waals surface area contributed by atoms with Crippen molar-refractivity contribution in [2.24, 2.45) is 0 Å². The molecule has 2 aromatic rings. The molecule has 0 fully saturated rings. The van der Waals surface area contributed by atoms with Crippen LogP contribution < -0.4 is 5.32 Å². The Bertz CT molecular complexity index is 717. The number of imidazole rings is 1. The van der Waals surface area contributed by atoms with Crippen molar-refractivity contribution in [2.75, 3.05) is 19.4 Å². The maximum atomic E-state index is 11.9. The molecule has 0 spiro atoms. The number of aryl methyl sites for hydroxylation is 1. The van der Waals surface area contributed by atoms with Gasteiger partial charge in [0, 0.05) is 44.0 Å². The summed E-state index contributed by atoms with van der Waals surface area (Å²) in [5, 5.41) is 2.85. The Morgan fingerprint density at radius 3 is 2.33 bits per heavy atom. The number of rotatable bonds is 6. The average molecular weight is 328 g/mol. The third kappa shape index (κ3) is 4.44. The molecule has 6 heteroatoms. The van der Waals surface area contributed by atoms with Crippen molar-refractivity contribution >= 4 is 17.5 Å². The molecule has 1 aromatic heterocycles. The second-order valence-corrected chi connectivity index (χ2v) is 6.02. The summed E-state index contributed by atoms with van der Waals surface area (Å²) in [6.45, 7) is 3.99. The molecule has 2 rings (SSSR count). The van der Waals surface area contributed by atoms with E-state index in [2.05, 4.69) is 10.3 Å². The Balaban J connectivity index is 1.88. The Hall–Kier alpha value is -2.63. The van der Waals surface area contributed by atoms with Gasteiger partial charge in [-0.3, -0.25) is 9.59 Å². The molecule has 0 aliphatic heterocycles. The van der Waals surface area contributed by atoms with Crippen LogP contribution in [0.2, 0.25) is 0 Å². The molecule has 128 valence electrons. The molecule has 1 heterocycles. The molecule has 2 amide bonds. The quantitative estimate of drug-likeness (QED) is 0.886. The lowest BCUT2D eigenvalue weighted by Gasteiger charge is -2.10. The lowest BCUT2D eigenvalue weighted by molar-refractivity contribution is -0.128. The van der Waals surface area contributed by atoms with Crippen LogP contribution in [-0.2, 0) is 9.59 Å². The van der Waals surface area contributed by atoms with Crippen molar-refractivity contribution in [3.8, 4) is 5.69 Å². The second kappa shape index (κ2) is 7.77. The van der Waals surface area contributed by atoms with Crippen LogP contribution in [0, 0.1) is 13.8 Å². The van der Waals surface area contributed by atoms with Gasteiger partial charge in [0.05, 0.1) is 12.0 Å². The van der Waals surface area contributed by atoms with Gasteiger partial charge in [0.15, 0.2) is 0 Å². The zero-order chi connectivity index (χ0) is 17.7. The number of carbonyl (C=O) groups excluding carboxylic acids is 2. The predicted molar refractivity (Wildman–Crippen MR) is 94.2 cm³/mol. The molecule has 0 unspecified atom stereocenters. The number of nitrogens with zero attached hydrogens (tertiary/aromatic N) is 3. The van der Waals surface area contributed by atoms with E-state index in [9.17, 15) is 9.59 Å². The monoisotopic (exact) mass is 328 g/mol. The smallest absolute Gasteiger partial charge is 0.224 e. The van der Waals surface area contributed by atoms with Crippen molar-refractivity contribution in [1.82, 2.24) is 14.5 Å². The molecule has 0 aliphatic rings. The Morgan fingerprint density at radius 2 is 1.79 bits per heavy atom. The predicted octanol–water partition coefficient (Wildman–Crippen LogP) is 2.69. The van der Waals surface area contributed by atoms with Gasteiger partial charge in [0.2, 0.25) is 11.8 Å². The summed E-state index contributed by atoms with van der Waals surface area (Å²) >= 11 is 0. The van der Waals surface area contributed by atoms with Crippen molar-refractivity contribution in [1.29, 1.82) is 0 Å². The van der Waals surface area contributed by atoms with Crippen LogP contribution in [0.1, 0.15) is 30.7 Å². The maximum Gasteiger partial charge on any atom is 0.224 e. The molecule has 6 nitrogen and oxygen atoms in total. The normalized spacial score (nSPS) is 10.5. The molecule has 1 N–H and O–H groups in total. The number of hydrogen-bond acceptors (Lipinski definition) is 3. The average Bonchev–Trinajstić information content (AvgIpc) is 2.87. The zero-order valence-corrected chi connectivity index (χ0v) is 14.7. The number of benzene rings is 1. The highest BCUT2D eigenvalue weighted by Gasteiger charge is 2.08. The molecule has 0 saturated carbocycles. The van der Waals surface area contributed by atoms with Crippen molar-refractivity contribution in [3.63, 3.8) is 0 Å². The molecular weight excluding hydrogens is 304 g/mol. The van der Waals surface area contributed by atoms with Gasteiger partial charge in [-0.2, -0.15) is 0 Å². The topological polar surface area (TPSA) is 67.2 Å². The van der Waals surface area contributed by atoms with Crippen LogP contribution >= 0.6 is 0 Å².